The van der Waals surface area contributed by atoms with Crippen molar-refractivity contribution in [1.82, 2.24) is 0 Å². The molecule has 1 aromatic heterocycles. The van der Waals surface area contributed by atoms with Gasteiger partial charge >= 0.3 is 58.2 Å². The Bertz CT molecular complexity index is 817. The fourth-order valence-electron chi connectivity index (χ4n) is 2.27. The molecule has 0 atom stereocenters. The first-order chi connectivity index (χ1) is 12.1. The zero-order valence-electron chi connectivity index (χ0n) is 15.1. The summed E-state index contributed by atoms with van der Waals surface area (Å²) in [6.45, 7) is 4.33. The van der Waals surface area contributed by atoms with Crippen molar-refractivity contribution in [2.24, 2.45) is 0 Å². The van der Waals surface area contributed by atoms with Gasteiger partial charge in [-0.1, -0.05) is 42.4 Å². The number of thiophene rings is 1. The van der Waals surface area contributed by atoms with E-state index in [2.05, 4.69) is 25.1 Å². The smallest absolute Gasteiger partial charge is 0.665 e. The van der Waals surface area contributed by atoms with Crippen molar-refractivity contribution in [2.75, 3.05) is 0 Å². The van der Waals surface area contributed by atoms with Gasteiger partial charge in [-0.25, -0.2) is 12.1 Å². The predicted octanol–water partition coefficient (Wildman–Crippen LogP) is 1.83. The van der Waals surface area contributed by atoms with Gasteiger partial charge in [0.1, 0.15) is 0 Å². The van der Waals surface area contributed by atoms with Crippen LogP contribution in [0.3, 0.4) is 0 Å². The normalized spacial score (nSPS) is 9.04. The number of ketones is 1. The molecule has 6 heteroatoms. The van der Waals surface area contributed by atoms with Crippen molar-refractivity contribution >= 4 is 23.6 Å². The molecule has 0 bridgehead atoms. The Morgan fingerprint density at radius 1 is 1.11 bits per heavy atom. The van der Waals surface area contributed by atoms with Gasteiger partial charge in [0.25, 0.3) is 0 Å². The van der Waals surface area contributed by atoms with Crippen LogP contribution in [0.1, 0.15) is 27.2 Å². The molecular formula is C21H17O3RbSY-2. The molecule has 0 saturated heterocycles. The van der Waals surface area contributed by atoms with Crippen LogP contribution in [0.2, 0.25) is 0 Å². The molecule has 3 aromatic rings. The van der Waals surface area contributed by atoms with Crippen LogP contribution in [0.25, 0.3) is 10.4 Å². The molecule has 2 aromatic carbocycles. The van der Waals surface area contributed by atoms with Crippen molar-refractivity contribution in [3.63, 3.8) is 0 Å². The molecule has 0 amide bonds. The van der Waals surface area contributed by atoms with E-state index in [4.69, 9.17) is 9.90 Å². The average molecular weight is 524 g/mol. The van der Waals surface area contributed by atoms with Crippen molar-refractivity contribution < 1.29 is 106 Å². The molecule has 0 aliphatic carbocycles. The standard InChI is InChI=1S/C20H16OS.CHO2.Rb.Y/c1-15-7-9-16(10-8-15)19(21)13-11-18-12-14-20(22-18)17-5-3-2-4-6-17;2-1-3;;/h2-10,14H,1,11,13H2;(H,2,3);;/q-2;-1;+1;. The van der Waals surface area contributed by atoms with E-state index in [0.29, 0.717) is 12.9 Å². The Morgan fingerprint density at radius 3 is 2.30 bits per heavy atom. The molecule has 1 heterocycles. The second-order valence-corrected chi connectivity index (χ2v) is 6.39. The minimum atomic E-state index is 0. The number of aryl methyl sites for hydroxylation is 1. The van der Waals surface area contributed by atoms with Crippen molar-refractivity contribution in [2.45, 2.75) is 12.8 Å². The van der Waals surface area contributed by atoms with E-state index >= 15 is 0 Å². The first-order valence-electron chi connectivity index (χ1n) is 7.66. The van der Waals surface area contributed by atoms with Gasteiger partial charge in [-0.2, -0.15) is 24.6 Å². The van der Waals surface area contributed by atoms with Gasteiger partial charge in [-0.15, -0.1) is 21.9 Å². The topological polar surface area (TPSA) is 54.4 Å². The van der Waals surface area contributed by atoms with Crippen LogP contribution < -0.4 is 58.2 Å². The zero-order valence-corrected chi connectivity index (χ0v) is 23.7. The monoisotopic (exact) mass is 523 g/mol. The summed E-state index contributed by atoms with van der Waals surface area (Å²) in [4.78, 5) is 22.7. The van der Waals surface area contributed by atoms with Gasteiger partial charge in [0.2, 0.25) is 0 Å². The molecular weight excluding hydrogens is 507 g/mol. The predicted molar refractivity (Wildman–Crippen MR) is 100 cm³/mol. The fraction of sp³-hybridized carbons (Fsp3) is 0.0952. The summed E-state index contributed by atoms with van der Waals surface area (Å²) in [5.41, 5.74) is 2.88. The van der Waals surface area contributed by atoms with Crippen molar-refractivity contribution in [3.05, 3.63) is 89.7 Å². The third-order valence-electron chi connectivity index (χ3n) is 3.51. The number of benzene rings is 2. The number of carbonyl (C=O) groups is 1. The maximum Gasteiger partial charge on any atom is 1.00 e. The largest absolute Gasteiger partial charge is 1.00 e. The van der Waals surface area contributed by atoms with Crippen LogP contribution >= 0.6 is 11.3 Å². The summed E-state index contributed by atoms with van der Waals surface area (Å²) in [7, 11) is 0. The molecule has 0 fully saturated rings. The summed E-state index contributed by atoms with van der Waals surface area (Å²) in [5, 5.41) is 6.76. The van der Waals surface area contributed by atoms with Crippen LogP contribution in [-0.2, 0) is 43.9 Å². The van der Waals surface area contributed by atoms with E-state index in [-0.39, 0.29) is 96.7 Å². The van der Waals surface area contributed by atoms with E-state index in [1.807, 2.05) is 48.5 Å². The van der Waals surface area contributed by atoms with Crippen molar-refractivity contribution in [3.8, 4) is 10.4 Å². The summed E-state index contributed by atoms with van der Waals surface area (Å²) in [6, 6.07) is 23.0. The molecule has 0 saturated carbocycles. The second kappa shape index (κ2) is 15.0. The van der Waals surface area contributed by atoms with Gasteiger partial charge in [0, 0.05) is 39.1 Å². The van der Waals surface area contributed by atoms with E-state index in [1.54, 1.807) is 11.3 Å². The summed E-state index contributed by atoms with van der Waals surface area (Å²) in [5.74, 6) is 0.170. The van der Waals surface area contributed by atoms with Gasteiger partial charge < -0.3 is 9.90 Å². The molecule has 0 unspecified atom stereocenters. The molecule has 3 rings (SSSR count). The zero-order chi connectivity index (χ0) is 18.1. The Balaban J connectivity index is 0.00000127. The Hall–Kier alpha value is 0.0591. The Kier molecular flexibility index (Phi) is 15.0. The molecule has 1 N–H and O–H groups in total. The molecule has 0 aliphatic rings. The van der Waals surface area contributed by atoms with Gasteiger partial charge in [-0.3, -0.25) is 16.1 Å². The van der Waals surface area contributed by atoms with Crippen LogP contribution in [0.5, 0.6) is 0 Å². The number of Topliss-reactive ketones (excluding diaryl/α,β-unsaturated/α-hetero) is 1. The number of rotatable bonds is 5. The number of carbonyl (C=O) groups excluding carboxylic acids is 1. The summed E-state index contributed by atoms with van der Waals surface area (Å²) >= 11 is 1.71. The minimum absolute atomic E-state index is 0. The third-order valence-corrected chi connectivity index (χ3v) is 4.65. The SMILES string of the molecule is O=[C-]O.[CH2-]c1ccc(C(=O)CCc2[c-]cc(-c3ccccc3)s2)cc1.[Rb+].[Y]. The Morgan fingerprint density at radius 2 is 1.70 bits per heavy atom. The molecule has 1 radical (unpaired) electrons. The number of hydrogen-bond donors (Lipinski definition) is 1. The third kappa shape index (κ3) is 9.40. The van der Waals surface area contributed by atoms with Crippen LogP contribution in [0, 0.1) is 13.0 Å². The first kappa shape index (κ1) is 27.1. The van der Waals surface area contributed by atoms with Gasteiger partial charge in [-0.05, 0) is 12.0 Å². The fourth-order valence-corrected chi connectivity index (χ4v) is 3.23. The van der Waals surface area contributed by atoms with E-state index in [9.17, 15) is 4.79 Å². The van der Waals surface area contributed by atoms with Crippen LogP contribution in [0.15, 0.2) is 60.7 Å². The van der Waals surface area contributed by atoms with Crippen LogP contribution in [0.4, 0.5) is 0 Å². The maximum atomic E-state index is 12.2. The van der Waals surface area contributed by atoms with E-state index < -0.39 is 0 Å². The summed E-state index contributed by atoms with van der Waals surface area (Å²) < 4.78 is 0. The van der Waals surface area contributed by atoms with E-state index in [1.165, 1.54) is 10.4 Å². The Labute approximate surface area is 238 Å². The molecule has 27 heavy (non-hydrogen) atoms. The van der Waals surface area contributed by atoms with E-state index in [0.717, 1.165) is 22.4 Å². The van der Waals surface area contributed by atoms with Crippen molar-refractivity contribution in [1.29, 1.82) is 0 Å². The molecule has 0 spiro atoms. The second-order valence-electron chi connectivity index (χ2n) is 5.26. The average Bonchev–Trinajstić information content (AvgIpc) is 3.11. The maximum absolute atomic E-state index is 12.2. The van der Waals surface area contributed by atoms with Gasteiger partial charge in [0.05, 0.1) is 0 Å². The number of aliphatic hydroxyl groups excluding tert-OH is 1. The first-order valence-corrected chi connectivity index (χ1v) is 8.48. The summed E-state index contributed by atoms with van der Waals surface area (Å²) in [6.07, 6.45) is 1.25. The quantitative estimate of drug-likeness (QED) is 0.410. The minimum Gasteiger partial charge on any atom is -0.665 e. The van der Waals surface area contributed by atoms with Crippen LogP contribution in [-0.4, -0.2) is 17.4 Å². The number of hydrogen-bond acceptors (Lipinski definition) is 3. The molecule has 0 aliphatic heterocycles. The van der Waals surface area contributed by atoms with Gasteiger partial charge in [0.15, 0.2) is 5.78 Å². The molecule has 3 nitrogen and oxygen atoms in total. The molecule has 131 valence electrons.